The molecule has 9 heteroatoms. The van der Waals surface area contributed by atoms with Gasteiger partial charge in [-0.2, -0.15) is 0 Å². The Morgan fingerprint density at radius 1 is 1.04 bits per heavy atom. The molecule has 1 saturated carbocycles. The Hall–Kier alpha value is -0.650. The SMILES string of the molecule is Cc1nc(NCC2CC2)c(Cl)c(Nc2c(Cl)cc(Cl)cc2Cl)n1.Cl. The van der Waals surface area contributed by atoms with E-state index in [9.17, 15) is 0 Å². The Morgan fingerprint density at radius 3 is 2.21 bits per heavy atom. The van der Waals surface area contributed by atoms with Crippen LogP contribution >= 0.6 is 58.8 Å². The van der Waals surface area contributed by atoms with Crippen molar-refractivity contribution < 1.29 is 0 Å². The van der Waals surface area contributed by atoms with Crippen molar-refractivity contribution in [3.63, 3.8) is 0 Å². The van der Waals surface area contributed by atoms with Crippen LogP contribution in [-0.2, 0) is 0 Å². The van der Waals surface area contributed by atoms with Crippen LogP contribution in [0, 0.1) is 12.8 Å². The predicted molar refractivity (Wildman–Crippen MR) is 105 cm³/mol. The van der Waals surface area contributed by atoms with E-state index in [1.807, 2.05) is 0 Å². The van der Waals surface area contributed by atoms with Crippen molar-refractivity contribution in [1.29, 1.82) is 0 Å². The number of nitrogens with one attached hydrogen (secondary N) is 2. The number of hydrogen-bond acceptors (Lipinski definition) is 4. The Bertz CT molecular complexity index is 726. The van der Waals surface area contributed by atoms with Gasteiger partial charge in [0.05, 0.1) is 15.7 Å². The lowest BCUT2D eigenvalue weighted by molar-refractivity contribution is 0.878. The normalized spacial score (nSPS) is 13.4. The van der Waals surface area contributed by atoms with Crippen LogP contribution in [0.1, 0.15) is 18.7 Å². The summed E-state index contributed by atoms with van der Waals surface area (Å²) in [4.78, 5) is 8.68. The minimum Gasteiger partial charge on any atom is -0.368 e. The maximum Gasteiger partial charge on any atom is 0.155 e. The van der Waals surface area contributed by atoms with Crippen LogP contribution in [0.4, 0.5) is 17.3 Å². The average molecular weight is 429 g/mol. The van der Waals surface area contributed by atoms with Gasteiger partial charge in [0.25, 0.3) is 0 Å². The summed E-state index contributed by atoms with van der Waals surface area (Å²) in [6, 6.07) is 3.21. The molecule has 2 aromatic rings. The number of benzene rings is 1. The van der Waals surface area contributed by atoms with Gasteiger partial charge in [-0.3, -0.25) is 0 Å². The highest BCUT2D eigenvalue weighted by molar-refractivity contribution is 6.42. The van der Waals surface area contributed by atoms with E-state index in [-0.39, 0.29) is 12.4 Å². The summed E-state index contributed by atoms with van der Waals surface area (Å²) in [6.45, 7) is 2.66. The van der Waals surface area contributed by atoms with Gasteiger partial charge in [0, 0.05) is 11.6 Å². The number of halogens is 5. The van der Waals surface area contributed by atoms with E-state index in [1.165, 1.54) is 12.8 Å². The second-order valence-corrected chi connectivity index (χ2v) is 7.10. The monoisotopic (exact) mass is 426 g/mol. The molecule has 1 aliphatic rings. The average Bonchev–Trinajstić information content (AvgIpc) is 3.28. The minimum absolute atomic E-state index is 0. The molecular formula is C15H15Cl5N4. The third-order valence-electron chi connectivity index (χ3n) is 3.47. The van der Waals surface area contributed by atoms with Gasteiger partial charge in [0.2, 0.25) is 0 Å². The number of aromatic nitrogens is 2. The van der Waals surface area contributed by atoms with Gasteiger partial charge in [-0.25, -0.2) is 9.97 Å². The lowest BCUT2D eigenvalue weighted by Crippen LogP contribution is -2.09. The number of anilines is 3. The van der Waals surface area contributed by atoms with Crippen molar-refractivity contribution in [2.75, 3.05) is 17.2 Å². The molecule has 0 unspecified atom stereocenters. The van der Waals surface area contributed by atoms with Crippen molar-refractivity contribution in [3.05, 3.63) is 38.0 Å². The Labute approximate surface area is 166 Å². The van der Waals surface area contributed by atoms with E-state index in [0.717, 1.165) is 6.54 Å². The molecule has 2 N–H and O–H groups in total. The van der Waals surface area contributed by atoms with Gasteiger partial charge in [-0.1, -0.05) is 46.4 Å². The summed E-state index contributed by atoms with van der Waals surface area (Å²) >= 11 is 24.7. The smallest absolute Gasteiger partial charge is 0.155 e. The molecule has 4 nitrogen and oxygen atoms in total. The van der Waals surface area contributed by atoms with Crippen molar-refractivity contribution in [3.8, 4) is 0 Å². The molecule has 1 aromatic heterocycles. The van der Waals surface area contributed by atoms with Crippen molar-refractivity contribution in [2.45, 2.75) is 19.8 Å². The highest BCUT2D eigenvalue weighted by Gasteiger charge is 2.22. The molecule has 3 rings (SSSR count). The molecule has 0 bridgehead atoms. The Kier molecular flexibility index (Phi) is 6.68. The first-order chi connectivity index (χ1) is 10.9. The van der Waals surface area contributed by atoms with Crippen molar-refractivity contribution >= 4 is 76.1 Å². The second kappa shape index (κ2) is 8.15. The Morgan fingerprint density at radius 2 is 1.62 bits per heavy atom. The zero-order chi connectivity index (χ0) is 16.6. The van der Waals surface area contributed by atoms with E-state index < -0.39 is 0 Å². The van der Waals surface area contributed by atoms with Crippen LogP contribution in [0.5, 0.6) is 0 Å². The van der Waals surface area contributed by atoms with Gasteiger partial charge in [-0.15, -0.1) is 12.4 Å². The largest absolute Gasteiger partial charge is 0.368 e. The highest BCUT2D eigenvalue weighted by Crippen LogP contribution is 2.38. The first-order valence-corrected chi connectivity index (χ1v) is 8.65. The summed E-state index contributed by atoms with van der Waals surface area (Å²) in [7, 11) is 0. The summed E-state index contributed by atoms with van der Waals surface area (Å²) in [5.74, 6) is 2.35. The Balaban J connectivity index is 0.00000208. The van der Waals surface area contributed by atoms with Crippen LogP contribution in [-0.4, -0.2) is 16.5 Å². The zero-order valence-corrected chi connectivity index (χ0v) is 16.5. The number of aryl methyl sites for hydroxylation is 1. The number of rotatable bonds is 5. The molecule has 0 saturated heterocycles. The zero-order valence-electron chi connectivity index (χ0n) is 12.7. The number of nitrogens with zero attached hydrogens (tertiary/aromatic N) is 2. The van der Waals surface area contributed by atoms with Crippen LogP contribution in [0.2, 0.25) is 20.1 Å². The van der Waals surface area contributed by atoms with Crippen LogP contribution in [0.3, 0.4) is 0 Å². The first-order valence-electron chi connectivity index (χ1n) is 7.13. The summed E-state index contributed by atoms with van der Waals surface area (Å²) < 4.78 is 0. The second-order valence-electron chi connectivity index (χ2n) is 5.48. The highest BCUT2D eigenvalue weighted by atomic mass is 35.5. The van der Waals surface area contributed by atoms with E-state index in [1.54, 1.807) is 19.1 Å². The molecule has 0 spiro atoms. The standard InChI is InChI=1S/C15H14Cl4N4.ClH/c1-7-21-14(20-6-8-2-3-8)12(19)15(22-7)23-13-10(17)4-9(16)5-11(13)18;/h4-5,8H,2-3,6H2,1H3,(H2,20,21,22,23);1H. The molecule has 1 aromatic carbocycles. The molecule has 1 fully saturated rings. The fraction of sp³-hybridized carbons (Fsp3) is 0.333. The fourth-order valence-electron chi connectivity index (χ4n) is 2.10. The van der Waals surface area contributed by atoms with E-state index in [2.05, 4.69) is 20.6 Å². The maximum absolute atomic E-state index is 6.41. The van der Waals surface area contributed by atoms with E-state index in [0.29, 0.717) is 49.2 Å². The minimum atomic E-state index is 0. The van der Waals surface area contributed by atoms with E-state index >= 15 is 0 Å². The van der Waals surface area contributed by atoms with Gasteiger partial charge in [0.15, 0.2) is 11.6 Å². The number of hydrogen-bond donors (Lipinski definition) is 2. The lowest BCUT2D eigenvalue weighted by atomic mass is 10.3. The van der Waals surface area contributed by atoms with Crippen LogP contribution in [0.25, 0.3) is 0 Å². The quantitative estimate of drug-likeness (QED) is 0.580. The summed E-state index contributed by atoms with van der Waals surface area (Å²) in [5.41, 5.74) is 0.505. The molecule has 0 atom stereocenters. The topological polar surface area (TPSA) is 49.8 Å². The van der Waals surface area contributed by atoms with Gasteiger partial charge in [0.1, 0.15) is 10.8 Å². The molecule has 130 valence electrons. The van der Waals surface area contributed by atoms with Crippen LogP contribution in [0.15, 0.2) is 12.1 Å². The fourth-order valence-corrected chi connectivity index (χ4v) is 3.21. The molecule has 0 aliphatic heterocycles. The third kappa shape index (κ3) is 4.70. The first kappa shape index (κ1) is 19.7. The lowest BCUT2D eigenvalue weighted by Gasteiger charge is -2.14. The molecule has 0 radical (unpaired) electrons. The summed E-state index contributed by atoms with van der Waals surface area (Å²) in [6.07, 6.45) is 2.49. The molecule has 0 amide bonds. The van der Waals surface area contributed by atoms with Crippen LogP contribution < -0.4 is 10.6 Å². The maximum atomic E-state index is 6.41. The third-order valence-corrected chi connectivity index (χ3v) is 4.64. The van der Waals surface area contributed by atoms with Gasteiger partial charge < -0.3 is 10.6 Å². The summed E-state index contributed by atoms with van der Waals surface area (Å²) in [5, 5.41) is 7.99. The molecule has 1 aliphatic carbocycles. The molecule has 24 heavy (non-hydrogen) atoms. The molecule has 1 heterocycles. The predicted octanol–water partition coefficient (Wildman–Crippen LogP) is 6.39. The van der Waals surface area contributed by atoms with Gasteiger partial charge >= 0.3 is 0 Å². The molecular weight excluding hydrogens is 413 g/mol. The van der Waals surface area contributed by atoms with Crippen molar-refractivity contribution in [1.82, 2.24) is 9.97 Å². The van der Waals surface area contributed by atoms with Gasteiger partial charge in [-0.05, 0) is 37.8 Å². The van der Waals surface area contributed by atoms with Crippen molar-refractivity contribution in [2.24, 2.45) is 5.92 Å². The van der Waals surface area contributed by atoms with E-state index in [4.69, 9.17) is 46.4 Å².